The Morgan fingerprint density at radius 1 is 0.886 bits per heavy atom. The van der Waals surface area contributed by atoms with Gasteiger partial charge in [0.1, 0.15) is 19.2 Å². The molecule has 0 aliphatic carbocycles. The van der Waals surface area contributed by atoms with Gasteiger partial charge in [-0.15, -0.1) is 0 Å². The highest BCUT2D eigenvalue weighted by molar-refractivity contribution is 7.45. The number of unbranched alkanes of at least 4 members (excludes halogenated alkanes) is 9. The molecular formula is C25H52N3O6P. The van der Waals surface area contributed by atoms with Crippen molar-refractivity contribution >= 4 is 19.6 Å². The normalized spacial score (nSPS) is 14.5. The highest BCUT2D eigenvalue weighted by Gasteiger charge is 2.24. The number of phosphoric acid groups is 1. The van der Waals surface area contributed by atoms with Gasteiger partial charge < -0.3 is 29.1 Å². The lowest BCUT2D eigenvalue weighted by molar-refractivity contribution is -0.870. The zero-order valence-corrected chi connectivity index (χ0v) is 24.0. The largest absolute Gasteiger partial charge is 0.756 e. The highest BCUT2D eigenvalue weighted by atomic mass is 31.2. The number of hydrogen-bond acceptors (Lipinski definition) is 6. The van der Waals surface area contributed by atoms with Crippen LogP contribution in [0.5, 0.6) is 0 Å². The number of likely N-dealkylation sites (N-methyl/N-ethyl adjacent to an activating group) is 1. The average Bonchev–Trinajstić information content (AvgIpc) is 2.74. The zero-order valence-electron chi connectivity index (χ0n) is 23.1. The summed E-state index contributed by atoms with van der Waals surface area (Å²) in [5.74, 6) is -0.760. The number of amides is 2. The van der Waals surface area contributed by atoms with Crippen molar-refractivity contribution < 1.29 is 32.6 Å². The summed E-state index contributed by atoms with van der Waals surface area (Å²) in [6, 6.07) is -0.675. The van der Waals surface area contributed by atoms with Gasteiger partial charge in [0, 0.05) is 6.54 Å². The molecule has 0 saturated carbocycles. The van der Waals surface area contributed by atoms with E-state index < -0.39 is 19.8 Å². The predicted octanol–water partition coefficient (Wildman–Crippen LogP) is 3.76. The fourth-order valence-electron chi connectivity index (χ4n) is 3.43. The van der Waals surface area contributed by atoms with Crippen LogP contribution < -0.4 is 15.5 Å². The molecule has 2 amide bonds. The Morgan fingerprint density at radius 3 is 1.91 bits per heavy atom. The van der Waals surface area contributed by atoms with Gasteiger partial charge in [0.2, 0.25) is 11.8 Å². The van der Waals surface area contributed by atoms with Gasteiger partial charge >= 0.3 is 0 Å². The molecule has 208 valence electrons. The summed E-state index contributed by atoms with van der Waals surface area (Å²) in [4.78, 5) is 36.6. The second-order valence-electron chi connectivity index (χ2n) is 10.6. The minimum absolute atomic E-state index is 0.00508. The van der Waals surface area contributed by atoms with Crippen LogP contribution in [0.1, 0.15) is 91.4 Å². The fraction of sp³-hybridized carbons (Fsp3) is 0.920. The van der Waals surface area contributed by atoms with Gasteiger partial charge in [0.05, 0.1) is 34.2 Å². The van der Waals surface area contributed by atoms with Gasteiger partial charge in [-0.25, -0.2) is 0 Å². The minimum atomic E-state index is -4.46. The molecule has 0 saturated heterocycles. The molecule has 0 bridgehead atoms. The third-order valence-electron chi connectivity index (χ3n) is 5.69. The maximum absolute atomic E-state index is 12.5. The molecule has 2 N–H and O–H groups in total. The van der Waals surface area contributed by atoms with Crippen LogP contribution in [0.2, 0.25) is 0 Å². The molecule has 0 heterocycles. The van der Waals surface area contributed by atoms with Crippen molar-refractivity contribution in [1.29, 1.82) is 0 Å². The molecule has 0 aromatic rings. The van der Waals surface area contributed by atoms with E-state index in [1.54, 1.807) is 0 Å². The number of nitrogens with zero attached hydrogens (tertiary/aromatic N) is 1. The van der Waals surface area contributed by atoms with E-state index >= 15 is 0 Å². The summed E-state index contributed by atoms with van der Waals surface area (Å²) in [7, 11) is 1.30. The van der Waals surface area contributed by atoms with Crippen LogP contribution in [0, 0.1) is 5.92 Å². The van der Waals surface area contributed by atoms with Gasteiger partial charge in [-0.05, 0) is 12.3 Å². The molecule has 0 aromatic carbocycles. The molecule has 35 heavy (non-hydrogen) atoms. The standard InChI is InChI=1S/C25H52N3O6P/c1-7-8-9-10-11-12-13-14-15-16-18-26-25(30)24(22(2)3)27-23(29)17-20-33-35(31,32)34-21-19-28(4,5)6/h22,24H,7-21H2,1-6H3,(H2-,26,27,29,30,31,32)/t24-/m0/s1. The molecular weight excluding hydrogens is 469 g/mol. The van der Waals surface area contributed by atoms with Crippen molar-refractivity contribution in [2.45, 2.75) is 97.4 Å². The van der Waals surface area contributed by atoms with E-state index in [0.29, 0.717) is 17.6 Å². The number of rotatable bonds is 22. The second-order valence-corrected chi connectivity index (χ2v) is 12.1. The van der Waals surface area contributed by atoms with Crippen molar-refractivity contribution in [3.05, 3.63) is 0 Å². The Kier molecular flexibility index (Phi) is 18.6. The summed E-state index contributed by atoms with van der Waals surface area (Å²) in [5.41, 5.74) is 0. The Morgan fingerprint density at radius 2 is 1.40 bits per heavy atom. The lowest BCUT2D eigenvalue weighted by Gasteiger charge is -2.27. The number of hydrogen-bond donors (Lipinski definition) is 2. The van der Waals surface area contributed by atoms with Crippen molar-refractivity contribution in [2.75, 3.05) is 47.4 Å². The lowest BCUT2D eigenvalue weighted by atomic mass is 10.0. The van der Waals surface area contributed by atoms with Crippen LogP contribution >= 0.6 is 7.82 Å². The number of nitrogens with one attached hydrogen (secondary N) is 2. The molecule has 0 aliphatic heterocycles. The third-order valence-corrected chi connectivity index (χ3v) is 6.68. The van der Waals surface area contributed by atoms with Gasteiger partial charge in [-0.1, -0.05) is 78.6 Å². The Labute approximate surface area is 213 Å². The molecule has 0 aliphatic rings. The molecule has 2 atom stereocenters. The Balaban J connectivity index is 4.09. The molecule has 0 spiro atoms. The first kappa shape index (κ1) is 34.0. The number of phosphoric ester groups is 1. The molecule has 0 rings (SSSR count). The van der Waals surface area contributed by atoms with Gasteiger partial charge in [0.15, 0.2) is 0 Å². The van der Waals surface area contributed by atoms with Crippen molar-refractivity contribution in [3.8, 4) is 0 Å². The van der Waals surface area contributed by atoms with Gasteiger partial charge in [0.25, 0.3) is 7.82 Å². The zero-order chi connectivity index (χ0) is 26.7. The molecule has 0 aromatic heterocycles. The van der Waals surface area contributed by atoms with Crippen LogP contribution in [0.15, 0.2) is 0 Å². The van der Waals surface area contributed by atoms with Crippen LogP contribution in [-0.4, -0.2) is 69.8 Å². The third kappa shape index (κ3) is 20.9. The first-order chi connectivity index (χ1) is 16.4. The van der Waals surface area contributed by atoms with E-state index in [9.17, 15) is 19.0 Å². The van der Waals surface area contributed by atoms with Crippen molar-refractivity contribution in [3.63, 3.8) is 0 Å². The first-order valence-electron chi connectivity index (χ1n) is 13.4. The summed E-state index contributed by atoms with van der Waals surface area (Å²) >= 11 is 0. The molecule has 1 unspecified atom stereocenters. The van der Waals surface area contributed by atoms with Gasteiger partial charge in [-0.3, -0.25) is 14.2 Å². The number of carbonyl (C=O) groups is 2. The monoisotopic (exact) mass is 521 g/mol. The SMILES string of the molecule is CCCCCCCCCCCCNC(=O)[C@@H](NC(=O)CCOP(=O)([O-])OCC[N+](C)(C)C)C(C)C. The van der Waals surface area contributed by atoms with Crippen molar-refractivity contribution in [1.82, 2.24) is 10.6 Å². The summed E-state index contributed by atoms with van der Waals surface area (Å²) in [6.45, 7) is 6.70. The second kappa shape index (κ2) is 19.2. The summed E-state index contributed by atoms with van der Waals surface area (Å²) in [6.07, 6.45) is 12.1. The number of quaternary nitrogens is 1. The van der Waals surface area contributed by atoms with E-state index in [1.807, 2.05) is 35.0 Å². The quantitative estimate of drug-likeness (QED) is 0.127. The lowest BCUT2D eigenvalue weighted by Crippen LogP contribution is -2.50. The molecule has 0 fully saturated rings. The first-order valence-corrected chi connectivity index (χ1v) is 14.8. The van der Waals surface area contributed by atoms with E-state index in [2.05, 4.69) is 17.6 Å². The molecule has 10 heteroatoms. The average molecular weight is 522 g/mol. The van der Waals surface area contributed by atoms with E-state index in [1.165, 1.54) is 51.4 Å². The topological polar surface area (TPSA) is 117 Å². The summed E-state index contributed by atoms with van der Waals surface area (Å²) < 4.78 is 21.9. The molecule has 9 nitrogen and oxygen atoms in total. The van der Waals surface area contributed by atoms with Crippen molar-refractivity contribution in [2.24, 2.45) is 5.92 Å². The van der Waals surface area contributed by atoms with E-state index in [-0.39, 0.29) is 31.5 Å². The molecule has 0 radical (unpaired) electrons. The highest BCUT2D eigenvalue weighted by Crippen LogP contribution is 2.38. The minimum Gasteiger partial charge on any atom is -0.756 e. The predicted molar refractivity (Wildman–Crippen MR) is 139 cm³/mol. The maximum Gasteiger partial charge on any atom is 0.268 e. The summed E-state index contributed by atoms with van der Waals surface area (Å²) in [5, 5.41) is 5.60. The number of carbonyl (C=O) groups excluding carboxylic acids is 2. The van der Waals surface area contributed by atoms with E-state index in [4.69, 9.17) is 9.05 Å². The fourth-order valence-corrected chi connectivity index (χ4v) is 4.12. The Hall–Kier alpha value is -0.990. The van der Waals surface area contributed by atoms with Crippen LogP contribution in [0.25, 0.3) is 0 Å². The van der Waals surface area contributed by atoms with Crippen LogP contribution in [-0.2, 0) is 23.2 Å². The maximum atomic E-state index is 12.5. The van der Waals surface area contributed by atoms with Gasteiger partial charge in [-0.2, -0.15) is 0 Å². The van der Waals surface area contributed by atoms with E-state index in [0.717, 1.165) is 12.8 Å². The van der Waals surface area contributed by atoms with Crippen LogP contribution in [0.3, 0.4) is 0 Å². The Bertz CT molecular complexity index is 625. The van der Waals surface area contributed by atoms with Crippen LogP contribution in [0.4, 0.5) is 0 Å². The smallest absolute Gasteiger partial charge is 0.268 e.